The van der Waals surface area contributed by atoms with Gasteiger partial charge in [0.15, 0.2) is 0 Å². The molecule has 1 aliphatic heterocycles. The number of imidazole rings is 1. The van der Waals surface area contributed by atoms with Crippen LogP contribution in [0.3, 0.4) is 0 Å². The maximum Gasteiger partial charge on any atom is 0.258 e. The highest BCUT2D eigenvalue weighted by molar-refractivity contribution is 7.12. The zero-order chi connectivity index (χ0) is 29.2. The Bertz CT molecular complexity index is 1910. The fourth-order valence-electron chi connectivity index (χ4n) is 5.46. The molecule has 0 atom stereocenters. The fourth-order valence-corrected chi connectivity index (χ4v) is 6.55. The molecule has 0 saturated heterocycles. The summed E-state index contributed by atoms with van der Waals surface area (Å²) in [7, 11) is 0. The molecule has 8 heteroatoms. The van der Waals surface area contributed by atoms with E-state index in [9.17, 15) is 9.59 Å². The molecule has 0 spiro atoms. The Morgan fingerprint density at radius 3 is 2.40 bits per heavy atom. The third kappa shape index (κ3) is 5.36. The summed E-state index contributed by atoms with van der Waals surface area (Å²) in [6.07, 6.45) is 4.91. The van der Waals surface area contributed by atoms with Crippen LogP contribution in [0, 0.1) is 0 Å². The van der Waals surface area contributed by atoms with Gasteiger partial charge in [0.25, 0.3) is 11.8 Å². The lowest BCUT2D eigenvalue weighted by atomic mass is 9.99. The van der Waals surface area contributed by atoms with Crippen molar-refractivity contribution in [1.29, 1.82) is 0 Å². The van der Waals surface area contributed by atoms with Crippen LogP contribution in [0.25, 0.3) is 22.4 Å². The van der Waals surface area contributed by atoms with E-state index in [0.717, 1.165) is 38.8 Å². The summed E-state index contributed by atoms with van der Waals surface area (Å²) >= 11 is 1.69. The first-order valence-corrected chi connectivity index (χ1v) is 14.9. The minimum atomic E-state index is -0.203. The second-order valence-corrected chi connectivity index (χ2v) is 11.5. The number of thiazole rings is 1. The molecule has 1 aliphatic rings. The van der Waals surface area contributed by atoms with E-state index in [0.29, 0.717) is 36.2 Å². The van der Waals surface area contributed by atoms with E-state index in [1.807, 2.05) is 90.0 Å². The maximum atomic E-state index is 13.8. The van der Waals surface area contributed by atoms with Crippen LogP contribution in [0.5, 0.6) is 0 Å². The lowest BCUT2D eigenvalue weighted by Gasteiger charge is -2.23. The fraction of sp³-hybridized carbons (Fsp3) is 0.0857. The largest absolute Gasteiger partial charge is 0.348 e. The molecule has 2 aromatic heterocycles. The van der Waals surface area contributed by atoms with Crippen LogP contribution in [0.15, 0.2) is 116 Å². The lowest BCUT2D eigenvalue weighted by molar-refractivity contribution is 0.0986. The molecule has 7 rings (SSSR count). The molecular weight excluding hydrogens is 554 g/mol. The van der Waals surface area contributed by atoms with Crippen molar-refractivity contribution in [3.63, 3.8) is 0 Å². The highest BCUT2D eigenvalue weighted by atomic mass is 32.1. The summed E-state index contributed by atoms with van der Waals surface area (Å²) in [4.78, 5) is 42.3. The molecule has 0 radical (unpaired) electrons. The van der Waals surface area contributed by atoms with Crippen LogP contribution in [-0.2, 0) is 12.8 Å². The number of aromatic amines is 1. The number of H-pyrrole nitrogens is 1. The van der Waals surface area contributed by atoms with Crippen molar-refractivity contribution in [2.75, 3.05) is 16.8 Å². The molecule has 0 aliphatic carbocycles. The number of hydrogen-bond donors (Lipinski definition) is 2. The minimum absolute atomic E-state index is 0.0902. The lowest BCUT2D eigenvalue weighted by Crippen LogP contribution is -2.32. The van der Waals surface area contributed by atoms with Gasteiger partial charge in [-0.05, 0) is 47.5 Å². The topological polar surface area (TPSA) is 91.0 Å². The SMILES string of the molecule is O=C(Nc1ccc(C(=O)N2CCc3sc(Cc4cnc[nH]4)nc3-c3ccccc32)cc1)c1ccccc1-c1ccccc1. The van der Waals surface area contributed by atoms with Crippen molar-refractivity contribution in [3.8, 4) is 22.4 Å². The number of nitrogens with one attached hydrogen (secondary N) is 2. The van der Waals surface area contributed by atoms with Crippen molar-refractivity contribution in [2.24, 2.45) is 0 Å². The zero-order valence-corrected chi connectivity index (χ0v) is 24.0. The zero-order valence-electron chi connectivity index (χ0n) is 23.2. The minimum Gasteiger partial charge on any atom is -0.348 e. The maximum absolute atomic E-state index is 13.8. The number of anilines is 2. The van der Waals surface area contributed by atoms with Crippen molar-refractivity contribution >= 4 is 34.5 Å². The van der Waals surface area contributed by atoms with Gasteiger partial charge in [0.1, 0.15) is 0 Å². The molecule has 3 heterocycles. The number of fused-ring (bicyclic) bond motifs is 3. The molecule has 2 N–H and O–H groups in total. The van der Waals surface area contributed by atoms with Gasteiger partial charge in [-0.1, -0.05) is 66.7 Å². The van der Waals surface area contributed by atoms with Gasteiger partial charge in [0, 0.05) is 58.5 Å². The van der Waals surface area contributed by atoms with E-state index in [2.05, 4.69) is 15.3 Å². The molecule has 0 saturated carbocycles. The molecule has 4 aromatic carbocycles. The van der Waals surface area contributed by atoms with Crippen LogP contribution >= 0.6 is 11.3 Å². The number of nitrogens with zero attached hydrogens (tertiary/aromatic N) is 3. The highest BCUT2D eigenvalue weighted by Crippen LogP contribution is 2.39. The Morgan fingerprint density at radius 2 is 1.60 bits per heavy atom. The van der Waals surface area contributed by atoms with Gasteiger partial charge in [0.05, 0.1) is 22.7 Å². The first-order valence-electron chi connectivity index (χ1n) is 14.1. The Hall–Kier alpha value is -5.34. The summed E-state index contributed by atoms with van der Waals surface area (Å²) in [5, 5.41) is 4.01. The Labute approximate surface area is 252 Å². The van der Waals surface area contributed by atoms with Crippen LogP contribution in [-0.4, -0.2) is 33.3 Å². The quantitative estimate of drug-likeness (QED) is 0.217. The van der Waals surface area contributed by atoms with E-state index in [1.54, 1.807) is 41.9 Å². The standard InChI is InChI=1S/C35H27N5O2S/c41-34(28-11-5-4-10-27(28)23-8-2-1-3-9-23)38-25-16-14-24(15-17-25)35(42)40-19-18-31-33(29-12-6-7-13-30(29)40)39-32(43-31)20-26-21-36-22-37-26/h1-17,21-22H,18-20H2,(H,36,37)(H,38,41). The second kappa shape index (κ2) is 11.5. The molecule has 0 bridgehead atoms. The number of para-hydroxylation sites is 1. The molecule has 2 amide bonds. The third-order valence-electron chi connectivity index (χ3n) is 7.54. The number of carbonyl (C=O) groups excluding carboxylic acids is 2. The van der Waals surface area contributed by atoms with E-state index >= 15 is 0 Å². The van der Waals surface area contributed by atoms with Gasteiger partial charge in [0.2, 0.25) is 0 Å². The monoisotopic (exact) mass is 581 g/mol. The third-order valence-corrected chi connectivity index (χ3v) is 8.66. The van der Waals surface area contributed by atoms with Crippen LogP contribution in [0.2, 0.25) is 0 Å². The molecule has 0 fully saturated rings. The molecule has 210 valence electrons. The summed E-state index contributed by atoms with van der Waals surface area (Å²) in [6, 6.07) is 32.4. The van der Waals surface area contributed by atoms with E-state index in [4.69, 9.17) is 4.98 Å². The number of aromatic nitrogens is 3. The highest BCUT2D eigenvalue weighted by Gasteiger charge is 2.27. The normalized spacial score (nSPS) is 12.2. The molecular formula is C35H27N5O2S. The van der Waals surface area contributed by atoms with Crippen LogP contribution in [0.4, 0.5) is 11.4 Å². The van der Waals surface area contributed by atoms with E-state index < -0.39 is 0 Å². The van der Waals surface area contributed by atoms with Crippen LogP contribution in [0.1, 0.15) is 36.3 Å². The predicted octanol–water partition coefficient (Wildman–Crippen LogP) is 7.25. The van der Waals surface area contributed by atoms with Gasteiger partial charge in [-0.3, -0.25) is 9.59 Å². The summed E-state index contributed by atoms with van der Waals surface area (Å²) in [6.45, 7) is 0.545. The van der Waals surface area contributed by atoms with Crippen LogP contribution < -0.4 is 10.2 Å². The smallest absolute Gasteiger partial charge is 0.258 e. The Balaban J connectivity index is 1.10. The predicted molar refractivity (Wildman–Crippen MR) is 171 cm³/mol. The van der Waals surface area contributed by atoms with Gasteiger partial charge in [-0.2, -0.15) is 0 Å². The average molecular weight is 582 g/mol. The summed E-state index contributed by atoms with van der Waals surface area (Å²) < 4.78 is 0. The summed E-state index contributed by atoms with van der Waals surface area (Å²) in [5.41, 5.74) is 7.37. The second-order valence-electron chi connectivity index (χ2n) is 10.3. The van der Waals surface area contributed by atoms with Crippen molar-refractivity contribution in [1.82, 2.24) is 15.0 Å². The average Bonchev–Trinajstić information content (AvgIpc) is 3.69. The number of rotatable bonds is 6. The molecule has 43 heavy (non-hydrogen) atoms. The molecule has 0 unspecified atom stereocenters. The Kier molecular flexibility index (Phi) is 7.10. The van der Waals surface area contributed by atoms with Crippen molar-refractivity contribution in [3.05, 3.63) is 142 Å². The first-order chi connectivity index (χ1) is 21.1. The van der Waals surface area contributed by atoms with Crippen molar-refractivity contribution in [2.45, 2.75) is 12.8 Å². The number of hydrogen-bond acceptors (Lipinski definition) is 5. The van der Waals surface area contributed by atoms with E-state index in [1.165, 1.54) is 4.88 Å². The number of carbonyl (C=O) groups is 2. The van der Waals surface area contributed by atoms with Crippen molar-refractivity contribution < 1.29 is 9.59 Å². The summed E-state index contributed by atoms with van der Waals surface area (Å²) in [5.74, 6) is -0.293. The number of amides is 2. The molecule has 7 nitrogen and oxygen atoms in total. The van der Waals surface area contributed by atoms with E-state index in [-0.39, 0.29) is 11.8 Å². The first kappa shape index (κ1) is 26.6. The van der Waals surface area contributed by atoms with Gasteiger partial charge in [-0.25, -0.2) is 9.97 Å². The Morgan fingerprint density at radius 1 is 0.860 bits per heavy atom. The molecule has 6 aromatic rings. The van der Waals surface area contributed by atoms with Gasteiger partial charge in [-0.15, -0.1) is 11.3 Å². The van der Waals surface area contributed by atoms with Gasteiger partial charge < -0.3 is 15.2 Å². The van der Waals surface area contributed by atoms with Gasteiger partial charge >= 0.3 is 0 Å². The number of benzene rings is 4.